The molecule has 0 aliphatic heterocycles. The Labute approximate surface area is 343 Å². The van der Waals surface area contributed by atoms with Gasteiger partial charge in [-0.1, -0.05) is 96.1 Å². The third-order valence-corrected chi connectivity index (χ3v) is 9.87. The minimum Gasteiger partial charge on any atom is -0.463 e. The molecule has 0 saturated heterocycles. The van der Waals surface area contributed by atoms with Gasteiger partial charge in [-0.05, 0) is 148 Å². The van der Waals surface area contributed by atoms with E-state index in [4.69, 9.17) is 9.47 Å². The van der Waals surface area contributed by atoms with Crippen molar-refractivity contribution < 1.29 is 19.1 Å². The topological polar surface area (TPSA) is 59.1 Å². The number of aryl methyl sites for hydroxylation is 4. The van der Waals surface area contributed by atoms with Crippen LogP contribution in [0.2, 0.25) is 0 Å². The maximum Gasteiger partial charge on any atom is 0.330 e. The van der Waals surface area contributed by atoms with Crippen LogP contribution in [0.15, 0.2) is 170 Å². The maximum atomic E-state index is 11.7. The number of rotatable bonds is 17. The first kappa shape index (κ1) is 41.0. The lowest BCUT2D eigenvalue weighted by Gasteiger charge is -2.26. The largest absolute Gasteiger partial charge is 0.463 e. The van der Waals surface area contributed by atoms with Crippen LogP contribution in [0, 0.1) is 13.8 Å². The molecule has 6 aromatic carbocycles. The number of carbonyl (C=O) groups excluding carboxylic acids is 2. The Kier molecular flexibility index (Phi) is 14.5. The summed E-state index contributed by atoms with van der Waals surface area (Å²) in [6.45, 7) is 8.59. The van der Waals surface area contributed by atoms with E-state index in [1.165, 1.54) is 34.4 Å². The molecule has 0 aliphatic carbocycles. The lowest BCUT2D eigenvalue weighted by Crippen LogP contribution is -2.10. The molecule has 0 unspecified atom stereocenters. The van der Waals surface area contributed by atoms with Gasteiger partial charge in [0.2, 0.25) is 0 Å². The average Bonchev–Trinajstić information content (AvgIpc) is 3.24. The number of esters is 2. The second kappa shape index (κ2) is 20.5. The highest BCUT2D eigenvalue weighted by atomic mass is 16.5. The normalized spacial score (nSPS) is 11.2. The molecule has 0 radical (unpaired) electrons. The van der Waals surface area contributed by atoms with Gasteiger partial charge in [0.05, 0.1) is 13.2 Å². The fourth-order valence-corrected chi connectivity index (χ4v) is 6.78. The number of carbonyl (C=O) groups is 2. The van der Waals surface area contributed by atoms with Crippen molar-refractivity contribution in [2.75, 3.05) is 23.0 Å². The van der Waals surface area contributed by atoms with Crippen molar-refractivity contribution in [3.8, 4) is 11.1 Å². The Bertz CT molecular complexity index is 2150. The molecule has 0 aromatic heterocycles. The third kappa shape index (κ3) is 11.2. The summed E-state index contributed by atoms with van der Waals surface area (Å²) >= 11 is 0. The highest BCUT2D eigenvalue weighted by Gasteiger charge is 2.15. The highest BCUT2D eigenvalue weighted by Crippen LogP contribution is 2.38. The number of anilines is 6. The van der Waals surface area contributed by atoms with E-state index in [-0.39, 0.29) is 11.9 Å². The molecule has 58 heavy (non-hydrogen) atoms. The molecule has 0 bridgehead atoms. The van der Waals surface area contributed by atoms with Crippen molar-refractivity contribution in [3.63, 3.8) is 0 Å². The van der Waals surface area contributed by atoms with Crippen LogP contribution < -0.4 is 9.80 Å². The number of allylic oxidation sites excluding steroid dienone is 2. The number of ether oxygens (including phenoxy) is 2. The molecule has 0 fully saturated rings. The Morgan fingerprint density at radius 1 is 0.431 bits per heavy atom. The van der Waals surface area contributed by atoms with Crippen LogP contribution in [0.25, 0.3) is 11.1 Å². The van der Waals surface area contributed by atoms with E-state index in [1.807, 2.05) is 0 Å². The molecule has 0 atom stereocenters. The van der Waals surface area contributed by atoms with Gasteiger partial charge in [-0.2, -0.15) is 0 Å². The quantitative estimate of drug-likeness (QED) is 0.0523. The average molecular weight is 769 g/mol. The second-order valence-corrected chi connectivity index (χ2v) is 14.3. The summed E-state index contributed by atoms with van der Waals surface area (Å²) < 4.78 is 10.6. The molecule has 6 aromatic rings. The summed E-state index contributed by atoms with van der Waals surface area (Å²) in [7, 11) is 0. The van der Waals surface area contributed by atoms with Crippen molar-refractivity contribution in [2.24, 2.45) is 0 Å². The van der Waals surface area contributed by atoms with Gasteiger partial charge in [-0.25, -0.2) is 9.59 Å². The first-order chi connectivity index (χ1) is 28.3. The Balaban J connectivity index is 1.22. The van der Waals surface area contributed by atoms with Crippen molar-refractivity contribution in [2.45, 2.75) is 53.4 Å². The van der Waals surface area contributed by atoms with Gasteiger partial charge in [0.15, 0.2) is 0 Å². The molecule has 0 aliphatic rings. The SMILES string of the molecule is CC=CC(=O)OCCCc1ccc(N(c2ccc(CCCOC(=O)C=CC)cc2)c2ccc(-c3ccc(N(c4ccc(C)cc4)c4ccc(C)cc4)cc3)cc2)cc1. The zero-order chi connectivity index (χ0) is 40.7. The molecule has 294 valence electrons. The van der Waals surface area contributed by atoms with Crippen molar-refractivity contribution in [1.29, 1.82) is 0 Å². The monoisotopic (exact) mass is 768 g/mol. The van der Waals surface area contributed by atoms with Crippen LogP contribution in [0.4, 0.5) is 34.1 Å². The van der Waals surface area contributed by atoms with E-state index in [0.29, 0.717) is 13.2 Å². The number of hydrogen-bond acceptors (Lipinski definition) is 6. The van der Waals surface area contributed by atoms with Crippen LogP contribution in [-0.2, 0) is 31.9 Å². The van der Waals surface area contributed by atoms with Gasteiger partial charge in [0.1, 0.15) is 0 Å². The summed E-state index contributed by atoms with van der Waals surface area (Å²) in [4.78, 5) is 27.9. The minimum absolute atomic E-state index is 0.307. The molecule has 0 spiro atoms. The van der Waals surface area contributed by atoms with E-state index in [1.54, 1.807) is 26.0 Å². The maximum absolute atomic E-state index is 11.7. The predicted octanol–water partition coefficient (Wildman–Crippen LogP) is 13.0. The van der Waals surface area contributed by atoms with Crippen LogP contribution in [-0.4, -0.2) is 25.2 Å². The van der Waals surface area contributed by atoms with E-state index in [2.05, 4.69) is 169 Å². The zero-order valence-electron chi connectivity index (χ0n) is 33.9. The summed E-state index contributed by atoms with van der Waals surface area (Å²) in [6, 6.07) is 52.0. The molecular weight excluding hydrogens is 717 g/mol. The van der Waals surface area contributed by atoms with Crippen LogP contribution in [0.1, 0.15) is 48.9 Å². The number of benzene rings is 6. The molecule has 6 heteroatoms. The molecule has 0 heterocycles. The van der Waals surface area contributed by atoms with Gasteiger partial charge >= 0.3 is 11.9 Å². The predicted molar refractivity (Wildman–Crippen MR) is 239 cm³/mol. The van der Waals surface area contributed by atoms with E-state index in [0.717, 1.165) is 70.9 Å². The summed E-state index contributed by atoms with van der Waals surface area (Å²) in [6.07, 6.45) is 9.37. The van der Waals surface area contributed by atoms with E-state index < -0.39 is 0 Å². The lowest BCUT2D eigenvalue weighted by atomic mass is 10.0. The third-order valence-electron chi connectivity index (χ3n) is 9.87. The molecule has 0 N–H and O–H groups in total. The number of hydrogen-bond donors (Lipinski definition) is 0. The molecule has 0 amide bonds. The number of nitrogens with zero attached hydrogens (tertiary/aromatic N) is 2. The first-order valence-electron chi connectivity index (χ1n) is 20.0. The fourth-order valence-electron chi connectivity index (χ4n) is 6.78. The van der Waals surface area contributed by atoms with Crippen molar-refractivity contribution >= 4 is 46.1 Å². The first-order valence-corrected chi connectivity index (χ1v) is 20.0. The van der Waals surface area contributed by atoms with Crippen LogP contribution in [0.5, 0.6) is 0 Å². The van der Waals surface area contributed by atoms with E-state index >= 15 is 0 Å². The Morgan fingerprint density at radius 3 is 1.00 bits per heavy atom. The zero-order valence-corrected chi connectivity index (χ0v) is 33.9. The van der Waals surface area contributed by atoms with Crippen LogP contribution >= 0.6 is 0 Å². The van der Waals surface area contributed by atoms with Gasteiger partial charge in [-0.15, -0.1) is 0 Å². The minimum atomic E-state index is -0.307. The van der Waals surface area contributed by atoms with Gasteiger partial charge in [0, 0.05) is 46.3 Å². The summed E-state index contributed by atoms with van der Waals surface area (Å²) in [5.41, 5.74) is 13.5. The summed E-state index contributed by atoms with van der Waals surface area (Å²) in [5.74, 6) is -0.614. The molecule has 0 saturated carbocycles. The fraction of sp³-hybridized carbons (Fsp3) is 0.192. The van der Waals surface area contributed by atoms with Gasteiger partial charge in [-0.3, -0.25) is 0 Å². The Hall–Kier alpha value is -6.66. The van der Waals surface area contributed by atoms with Gasteiger partial charge < -0.3 is 19.3 Å². The van der Waals surface area contributed by atoms with Crippen molar-refractivity contribution in [3.05, 3.63) is 192 Å². The highest BCUT2D eigenvalue weighted by molar-refractivity contribution is 5.83. The van der Waals surface area contributed by atoms with Crippen LogP contribution in [0.3, 0.4) is 0 Å². The Morgan fingerprint density at radius 2 is 0.707 bits per heavy atom. The van der Waals surface area contributed by atoms with Crippen molar-refractivity contribution in [1.82, 2.24) is 0 Å². The summed E-state index contributed by atoms with van der Waals surface area (Å²) in [5, 5.41) is 0. The smallest absolute Gasteiger partial charge is 0.330 e. The standard InChI is InChI=1S/C52H52N2O4/c1-5-9-51(55)57-37-7-11-41-17-29-47(30-18-41)54(48-31-19-42(20-32-48)12-8-38-58-52(56)10-6-2)50-35-23-44(24-36-50)43-21-33-49(34-22-43)53(45-25-13-39(3)14-26-45)46-27-15-40(4)16-28-46/h5-6,9-10,13-36H,7-8,11-12,37-38H2,1-4H3. The second-order valence-electron chi connectivity index (χ2n) is 14.3. The molecular formula is C52H52N2O4. The molecule has 6 nitrogen and oxygen atoms in total. The van der Waals surface area contributed by atoms with Gasteiger partial charge in [0.25, 0.3) is 0 Å². The lowest BCUT2D eigenvalue weighted by molar-refractivity contribution is -0.138. The van der Waals surface area contributed by atoms with E-state index in [9.17, 15) is 9.59 Å². The molecule has 6 rings (SSSR count).